The lowest BCUT2D eigenvalue weighted by atomic mass is 10.2. The Labute approximate surface area is 121 Å². The lowest BCUT2D eigenvalue weighted by Crippen LogP contribution is -2.01. The van der Waals surface area contributed by atoms with Crippen molar-refractivity contribution < 1.29 is 9.47 Å². The Hall–Kier alpha value is -1.68. The molecule has 4 heteroatoms. The summed E-state index contributed by atoms with van der Waals surface area (Å²) in [5.41, 5.74) is 2.16. The van der Waals surface area contributed by atoms with Gasteiger partial charge in [0.05, 0.1) is 14.2 Å². The van der Waals surface area contributed by atoms with E-state index in [-0.39, 0.29) is 0 Å². The molecule has 100 valence electrons. The molecule has 0 bridgehead atoms. The number of hydrogen-bond acceptors (Lipinski definition) is 3. The maximum Gasteiger partial charge on any atom is 0.120 e. The molecule has 0 saturated carbocycles. The van der Waals surface area contributed by atoms with E-state index in [4.69, 9.17) is 9.47 Å². The first-order chi connectivity index (χ1) is 9.22. The molecule has 2 aromatic carbocycles. The SMILES string of the molecule is COc1cccc(NCc2cc(OC)ccc2Br)c1. The van der Waals surface area contributed by atoms with E-state index in [1.165, 1.54) is 0 Å². The fourth-order valence-electron chi connectivity index (χ4n) is 1.74. The van der Waals surface area contributed by atoms with Crippen molar-refractivity contribution in [2.45, 2.75) is 6.54 Å². The Balaban J connectivity index is 2.09. The van der Waals surface area contributed by atoms with Crippen LogP contribution in [0.1, 0.15) is 5.56 Å². The standard InChI is InChI=1S/C15H16BrNO2/c1-18-13-5-3-4-12(9-13)17-10-11-8-14(19-2)6-7-15(11)16/h3-9,17H,10H2,1-2H3. The predicted molar refractivity (Wildman–Crippen MR) is 81.0 cm³/mol. The molecule has 0 heterocycles. The third-order valence-electron chi connectivity index (χ3n) is 2.81. The molecule has 0 aliphatic heterocycles. The average molecular weight is 322 g/mol. The fraction of sp³-hybridized carbons (Fsp3) is 0.200. The molecule has 0 unspecified atom stereocenters. The minimum atomic E-state index is 0.713. The van der Waals surface area contributed by atoms with Crippen molar-refractivity contribution in [3.8, 4) is 11.5 Å². The van der Waals surface area contributed by atoms with E-state index < -0.39 is 0 Å². The number of hydrogen-bond donors (Lipinski definition) is 1. The molecule has 0 fully saturated rings. The normalized spacial score (nSPS) is 10.1. The summed E-state index contributed by atoms with van der Waals surface area (Å²) in [4.78, 5) is 0. The number of halogens is 1. The van der Waals surface area contributed by atoms with Crippen molar-refractivity contribution in [3.63, 3.8) is 0 Å². The van der Waals surface area contributed by atoms with Gasteiger partial charge < -0.3 is 14.8 Å². The average Bonchev–Trinajstić information content (AvgIpc) is 2.46. The summed E-state index contributed by atoms with van der Waals surface area (Å²) in [6.45, 7) is 0.713. The Morgan fingerprint density at radius 3 is 2.47 bits per heavy atom. The molecule has 1 N–H and O–H groups in total. The summed E-state index contributed by atoms with van der Waals surface area (Å²) in [6.07, 6.45) is 0. The fourth-order valence-corrected chi connectivity index (χ4v) is 2.13. The first-order valence-electron chi connectivity index (χ1n) is 5.93. The van der Waals surface area contributed by atoms with Gasteiger partial charge in [-0.15, -0.1) is 0 Å². The molecule has 3 nitrogen and oxygen atoms in total. The van der Waals surface area contributed by atoms with Crippen LogP contribution in [-0.4, -0.2) is 14.2 Å². The third kappa shape index (κ3) is 3.64. The summed E-state index contributed by atoms with van der Waals surface area (Å²) in [6, 6.07) is 13.8. The van der Waals surface area contributed by atoms with Crippen LogP contribution in [0.2, 0.25) is 0 Å². The Morgan fingerprint density at radius 2 is 1.74 bits per heavy atom. The molecule has 0 atom stereocenters. The van der Waals surface area contributed by atoms with E-state index >= 15 is 0 Å². The van der Waals surface area contributed by atoms with Gasteiger partial charge in [0.25, 0.3) is 0 Å². The molecule has 2 rings (SSSR count). The third-order valence-corrected chi connectivity index (χ3v) is 3.58. The van der Waals surface area contributed by atoms with Crippen molar-refractivity contribution in [2.24, 2.45) is 0 Å². The maximum atomic E-state index is 5.23. The molecule has 19 heavy (non-hydrogen) atoms. The first kappa shape index (κ1) is 13.7. The summed E-state index contributed by atoms with van der Waals surface area (Å²) in [7, 11) is 3.33. The van der Waals surface area contributed by atoms with E-state index in [1.54, 1.807) is 14.2 Å². The van der Waals surface area contributed by atoms with Crippen LogP contribution >= 0.6 is 15.9 Å². The first-order valence-corrected chi connectivity index (χ1v) is 6.72. The highest BCUT2D eigenvalue weighted by Crippen LogP contribution is 2.24. The highest BCUT2D eigenvalue weighted by atomic mass is 79.9. The number of methoxy groups -OCH3 is 2. The second kappa shape index (κ2) is 6.48. The summed E-state index contributed by atoms with van der Waals surface area (Å²) in [5.74, 6) is 1.69. The van der Waals surface area contributed by atoms with Gasteiger partial charge in [0.2, 0.25) is 0 Å². The van der Waals surface area contributed by atoms with Crippen LogP contribution in [-0.2, 0) is 6.54 Å². The molecule has 0 amide bonds. The number of benzene rings is 2. The van der Waals surface area contributed by atoms with Crippen molar-refractivity contribution in [1.29, 1.82) is 0 Å². The molecule has 0 spiro atoms. The Bertz CT molecular complexity index is 558. The molecular weight excluding hydrogens is 306 g/mol. The van der Waals surface area contributed by atoms with Crippen LogP contribution in [0.15, 0.2) is 46.9 Å². The van der Waals surface area contributed by atoms with Gasteiger partial charge in [0.1, 0.15) is 11.5 Å². The van der Waals surface area contributed by atoms with Crippen LogP contribution in [0.3, 0.4) is 0 Å². The zero-order chi connectivity index (χ0) is 13.7. The summed E-state index contributed by atoms with van der Waals surface area (Å²) >= 11 is 3.54. The van der Waals surface area contributed by atoms with Crippen LogP contribution in [0, 0.1) is 0 Å². The van der Waals surface area contributed by atoms with Crippen molar-refractivity contribution in [3.05, 3.63) is 52.5 Å². The molecule has 0 aromatic heterocycles. The van der Waals surface area contributed by atoms with E-state index in [9.17, 15) is 0 Å². The van der Waals surface area contributed by atoms with E-state index in [0.29, 0.717) is 6.54 Å². The predicted octanol–water partition coefficient (Wildman–Crippen LogP) is 4.08. The number of rotatable bonds is 5. The monoisotopic (exact) mass is 321 g/mol. The van der Waals surface area contributed by atoms with Gasteiger partial charge in [-0.25, -0.2) is 0 Å². The summed E-state index contributed by atoms with van der Waals surface area (Å²) < 4.78 is 11.5. The van der Waals surface area contributed by atoms with Crippen molar-refractivity contribution in [2.75, 3.05) is 19.5 Å². The highest BCUT2D eigenvalue weighted by Gasteiger charge is 2.02. The van der Waals surface area contributed by atoms with Gasteiger partial charge in [-0.05, 0) is 35.9 Å². The Kier molecular flexibility index (Phi) is 4.68. The van der Waals surface area contributed by atoms with Gasteiger partial charge >= 0.3 is 0 Å². The molecule has 0 aliphatic rings. The number of ether oxygens (including phenoxy) is 2. The number of anilines is 1. The topological polar surface area (TPSA) is 30.5 Å². The highest BCUT2D eigenvalue weighted by molar-refractivity contribution is 9.10. The molecule has 0 radical (unpaired) electrons. The van der Waals surface area contributed by atoms with Crippen LogP contribution in [0.5, 0.6) is 11.5 Å². The van der Waals surface area contributed by atoms with E-state index in [1.807, 2.05) is 42.5 Å². The molecule has 0 aliphatic carbocycles. The van der Waals surface area contributed by atoms with E-state index in [2.05, 4.69) is 21.2 Å². The molecular formula is C15H16BrNO2. The summed E-state index contributed by atoms with van der Waals surface area (Å²) in [5, 5.41) is 3.36. The molecule has 0 saturated heterocycles. The minimum absolute atomic E-state index is 0.713. The van der Waals surface area contributed by atoms with Gasteiger partial charge in [0, 0.05) is 22.8 Å². The van der Waals surface area contributed by atoms with E-state index in [0.717, 1.165) is 27.2 Å². The largest absolute Gasteiger partial charge is 0.497 e. The van der Waals surface area contributed by atoms with Gasteiger partial charge in [-0.3, -0.25) is 0 Å². The quantitative estimate of drug-likeness (QED) is 0.900. The van der Waals surface area contributed by atoms with Crippen molar-refractivity contribution >= 4 is 21.6 Å². The van der Waals surface area contributed by atoms with Crippen LogP contribution in [0.25, 0.3) is 0 Å². The van der Waals surface area contributed by atoms with Crippen LogP contribution in [0.4, 0.5) is 5.69 Å². The minimum Gasteiger partial charge on any atom is -0.497 e. The van der Waals surface area contributed by atoms with Crippen LogP contribution < -0.4 is 14.8 Å². The zero-order valence-corrected chi connectivity index (χ0v) is 12.5. The Morgan fingerprint density at radius 1 is 1.00 bits per heavy atom. The number of nitrogens with one attached hydrogen (secondary N) is 1. The second-order valence-electron chi connectivity index (χ2n) is 4.04. The lowest BCUT2D eigenvalue weighted by molar-refractivity contribution is 0.414. The second-order valence-corrected chi connectivity index (χ2v) is 4.90. The molecule has 2 aromatic rings. The van der Waals surface area contributed by atoms with Gasteiger partial charge in [-0.2, -0.15) is 0 Å². The lowest BCUT2D eigenvalue weighted by Gasteiger charge is -2.10. The smallest absolute Gasteiger partial charge is 0.120 e. The van der Waals surface area contributed by atoms with Crippen molar-refractivity contribution in [1.82, 2.24) is 0 Å². The van der Waals surface area contributed by atoms with Gasteiger partial charge in [0.15, 0.2) is 0 Å². The maximum absolute atomic E-state index is 5.23. The zero-order valence-electron chi connectivity index (χ0n) is 10.9. The van der Waals surface area contributed by atoms with Gasteiger partial charge in [-0.1, -0.05) is 22.0 Å².